The summed E-state index contributed by atoms with van der Waals surface area (Å²) in [5, 5.41) is 10.8. The Morgan fingerprint density at radius 1 is 1.19 bits per heavy atom. The Morgan fingerprint density at radius 2 is 2.00 bits per heavy atom. The van der Waals surface area contributed by atoms with Crippen molar-refractivity contribution in [3.05, 3.63) is 71.8 Å². The number of carbonyl (C=O) groups excluding carboxylic acids is 2. The number of benzene rings is 2. The lowest BCUT2D eigenvalue weighted by Crippen LogP contribution is -2.30. The molecule has 1 heterocycles. The van der Waals surface area contributed by atoms with Crippen LogP contribution in [-0.4, -0.2) is 50.6 Å². The predicted octanol–water partition coefficient (Wildman–Crippen LogP) is 1.62. The minimum absolute atomic E-state index is 0.211. The average molecular weight is 369 g/mol. The molecule has 0 saturated heterocycles. The number of likely N-dealkylation sites (N-methyl/N-ethyl adjacent to an activating group) is 1. The van der Waals surface area contributed by atoms with E-state index < -0.39 is 18.5 Å². The van der Waals surface area contributed by atoms with E-state index in [1.807, 2.05) is 0 Å². The molecule has 2 aromatic carbocycles. The van der Waals surface area contributed by atoms with Crippen LogP contribution in [0, 0.1) is 5.82 Å². The van der Waals surface area contributed by atoms with E-state index in [1.54, 1.807) is 43.4 Å². The number of nitrogens with zero attached hydrogens (tertiary/aromatic N) is 5. The van der Waals surface area contributed by atoms with Gasteiger partial charge < -0.3 is 9.64 Å². The summed E-state index contributed by atoms with van der Waals surface area (Å²) in [6.45, 7) is -0.206. The molecule has 0 radical (unpaired) electrons. The van der Waals surface area contributed by atoms with E-state index in [4.69, 9.17) is 4.74 Å². The number of rotatable bonds is 6. The lowest BCUT2D eigenvalue weighted by atomic mass is 10.2. The van der Waals surface area contributed by atoms with Crippen LogP contribution < -0.4 is 0 Å². The minimum atomic E-state index is -0.641. The Balaban J connectivity index is 1.57. The average Bonchev–Trinajstić information content (AvgIpc) is 3.20. The molecule has 3 aromatic rings. The van der Waals surface area contributed by atoms with Gasteiger partial charge in [0.25, 0.3) is 5.91 Å². The molecular formula is C18H16FN5O3. The number of tetrazole rings is 1. The fraction of sp³-hybridized carbons (Fsp3) is 0.167. The number of hydrogen-bond acceptors (Lipinski definition) is 6. The van der Waals surface area contributed by atoms with Gasteiger partial charge in [0.1, 0.15) is 12.1 Å². The molecule has 8 nitrogen and oxygen atoms in total. The number of carbonyl (C=O) groups is 2. The Kier molecular flexibility index (Phi) is 5.50. The lowest BCUT2D eigenvalue weighted by molar-refractivity contribution is -0.133. The summed E-state index contributed by atoms with van der Waals surface area (Å²) in [6.07, 6.45) is 1.40. The van der Waals surface area contributed by atoms with E-state index in [-0.39, 0.29) is 17.9 Å². The Hall–Kier alpha value is -3.62. The van der Waals surface area contributed by atoms with Gasteiger partial charge in [-0.25, -0.2) is 13.9 Å². The largest absolute Gasteiger partial charge is 0.452 e. The summed E-state index contributed by atoms with van der Waals surface area (Å²) in [4.78, 5) is 25.7. The lowest BCUT2D eigenvalue weighted by Gasteiger charge is -2.17. The number of amides is 1. The topological polar surface area (TPSA) is 90.2 Å². The number of esters is 1. The molecule has 1 amide bonds. The van der Waals surface area contributed by atoms with Gasteiger partial charge in [0.2, 0.25) is 0 Å². The summed E-state index contributed by atoms with van der Waals surface area (Å²) in [5.41, 5.74) is 1.50. The number of ether oxygens (including phenoxy) is 1. The van der Waals surface area contributed by atoms with Crippen molar-refractivity contribution < 1.29 is 18.7 Å². The zero-order chi connectivity index (χ0) is 19.2. The third kappa shape index (κ3) is 4.72. The molecule has 0 N–H and O–H groups in total. The molecule has 0 fully saturated rings. The van der Waals surface area contributed by atoms with Gasteiger partial charge in [0.15, 0.2) is 6.61 Å². The third-order valence-electron chi connectivity index (χ3n) is 3.76. The van der Waals surface area contributed by atoms with E-state index in [2.05, 4.69) is 15.5 Å². The second-order valence-electron chi connectivity index (χ2n) is 5.76. The van der Waals surface area contributed by atoms with Crippen LogP contribution in [0.15, 0.2) is 54.9 Å². The summed E-state index contributed by atoms with van der Waals surface area (Å²) in [6, 6.07) is 12.5. The van der Waals surface area contributed by atoms with Crippen LogP contribution in [0.5, 0.6) is 0 Å². The fourth-order valence-electron chi connectivity index (χ4n) is 2.37. The van der Waals surface area contributed by atoms with Crippen molar-refractivity contribution in [2.24, 2.45) is 0 Å². The first kappa shape index (κ1) is 18.2. The van der Waals surface area contributed by atoms with Gasteiger partial charge in [-0.05, 0) is 46.3 Å². The normalized spacial score (nSPS) is 10.4. The smallest absolute Gasteiger partial charge is 0.338 e. The first-order valence-electron chi connectivity index (χ1n) is 8.02. The van der Waals surface area contributed by atoms with Crippen LogP contribution in [0.3, 0.4) is 0 Å². The van der Waals surface area contributed by atoms with Gasteiger partial charge in [-0.1, -0.05) is 18.2 Å². The number of aromatic nitrogens is 4. The highest BCUT2D eigenvalue weighted by Gasteiger charge is 2.15. The molecule has 138 valence electrons. The Morgan fingerprint density at radius 3 is 2.74 bits per heavy atom. The van der Waals surface area contributed by atoms with Gasteiger partial charge in [-0.3, -0.25) is 4.79 Å². The van der Waals surface area contributed by atoms with Crippen LogP contribution in [0.1, 0.15) is 15.9 Å². The van der Waals surface area contributed by atoms with E-state index in [0.717, 1.165) is 0 Å². The summed E-state index contributed by atoms with van der Waals surface area (Å²) < 4.78 is 19.7. The number of hydrogen-bond donors (Lipinski definition) is 0. The fourth-order valence-corrected chi connectivity index (χ4v) is 2.37. The highest BCUT2D eigenvalue weighted by molar-refractivity contribution is 5.91. The first-order chi connectivity index (χ1) is 13.0. The Labute approximate surface area is 154 Å². The Bertz CT molecular complexity index is 946. The van der Waals surface area contributed by atoms with Crippen molar-refractivity contribution in [2.45, 2.75) is 6.54 Å². The van der Waals surface area contributed by atoms with Crippen LogP contribution in [0.4, 0.5) is 4.39 Å². The molecular weight excluding hydrogens is 353 g/mol. The van der Waals surface area contributed by atoms with Crippen LogP contribution in [0.25, 0.3) is 5.69 Å². The maximum atomic E-state index is 13.2. The molecule has 1 aromatic heterocycles. The van der Waals surface area contributed by atoms with E-state index >= 15 is 0 Å². The van der Waals surface area contributed by atoms with Gasteiger partial charge in [-0.2, -0.15) is 0 Å². The molecule has 0 saturated carbocycles. The molecule has 0 bridgehead atoms. The standard InChI is InChI=1S/C18H16FN5O3/c1-23(10-13-4-2-6-15(19)8-13)17(25)11-27-18(26)14-5-3-7-16(9-14)24-12-20-21-22-24/h2-9,12H,10-11H2,1H3. The highest BCUT2D eigenvalue weighted by Crippen LogP contribution is 2.11. The minimum Gasteiger partial charge on any atom is -0.452 e. The maximum absolute atomic E-state index is 13.2. The van der Waals surface area contributed by atoms with Gasteiger partial charge >= 0.3 is 5.97 Å². The van der Waals surface area contributed by atoms with Crippen LogP contribution in [-0.2, 0) is 16.1 Å². The highest BCUT2D eigenvalue weighted by atomic mass is 19.1. The summed E-state index contributed by atoms with van der Waals surface area (Å²) >= 11 is 0. The number of halogens is 1. The van der Waals surface area contributed by atoms with Crippen molar-refractivity contribution in [1.29, 1.82) is 0 Å². The van der Waals surface area contributed by atoms with Crippen molar-refractivity contribution in [3.63, 3.8) is 0 Å². The maximum Gasteiger partial charge on any atom is 0.338 e. The van der Waals surface area contributed by atoms with E-state index in [0.29, 0.717) is 11.3 Å². The zero-order valence-electron chi connectivity index (χ0n) is 14.4. The molecule has 0 aliphatic carbocycles. The van der Waals surface area contributed by atoms with E-state index in [9.17, 15) is 14.0 Å². The molecule has 0 atom stereocenters. The third-order valence-corrected chi connectivity index (χ3v) is 3.76. The van der Waals surface area contributed by atoms with Gasteiger partial charge in [-0.15, -0.1) is 5.10 Å². The quantitative estimate of drug-likeness (QED) is 0.613. The zero-order valence-corrected chi connectivity index (χ0v) is 14.4. The SMILES string of the molecule is CN(Cc1cccc(F)c1)C(=O)COC(=O)c1cccc(-n2cnnn2)c1. The molecule has 0 aliphatic heterocycles. The van der Waals surface area contributed by atoms with Crippen molar-refractivity contribution >= 4 is 11.9 Å². The second kappa shape index (κ2) is 8.17. The van der Waals surface area contributed by atoms with Gasteiger partial charge in [0.05, 0.1) is 11.3 Å². The molecule has 0 unspecified atom stereocenters. The van der Waals surface area contributed by atoms with E-state index in [1.165, 1.54) is 28.0 Å². The van der Waals surface area contributed by atoms with Crippen molar-refractivity contribution in [1.82, 2.24) is 25.1 Å². The second-order valence-corrected chi connectivity index (χ2v) is 5.76. The molecule has 0 aliphatic rings. The molecule has 0 spiro atoms. The molecule has 9 heteroatoms. The summed E-state index contributed by atoms with van der Waals surface area (Å²) in [7, 11) is 1.55. The summed E-state index contributed by atoms with van der Waals surface area (Å²) in [5.74, 6) is -1.41. The monoisotopic (exact) mass is 369 g/mol. The van der Waals surface area contributed by atoms with Crippen molar-refractivity contribution in [3.8, 4) is 5.69 Å². The van der Waals surface area contributed by atoms with Crippen LogP contribution >= 0.6 is 0 Å². The molecule has 27 heavy (non-hydrogen) atoms. The predicted molar refractivity (Wildman–Crippen MR) is 92.3 cm³/mol. The van der Waals surface area contributed by atoms with Crippen LogP contribution in [0.2, 0.25) is 0 Å². The van der Waals surface area contributed by atoms with Crippen molar-refractivity contribution in [2.75, 3.05) is 13.7 Å². The molecule has 3 rings (SSSR count). The first-order valence-corrected chi connectivity index (χ1v) is 8.02. The van der Waals surface area contributed by atoms with Gasteiger partial charge in [0, 0.05) is 13.6 Å².